The van der Waals surface area contributed by atoms with Crippen molar-refractivity contribution in [2.45, 2.75) is 38.3 Å². The number of hydrogen-bond acceptors (Lipinski definition) is 5. The molecule has 0 saturated carbocycles. The van der Waals surface area contributed by atoms with Crippen LogP contribution in [0.25, 0.3) is 11.1 Å². The van der Waals surface area contributed by atoms with Gasteiger partial charge in [0, 0.05) is 25.7 Å². The standard InChI is InChI=1S/C19H25N3O3/c1-2-5-14-12-24-13-15-11-21(8-9-22(14)15)19(23)10-18-20-16-6-3-4-7-17(16)25-18/h3-4,6-7,14-15H,2,5,8-13H2,1H3/t14-,15+/m0/s1. The fourth-order valence-electron chi connectivity index (χ4n) is 3.98. The molecule has 2 aromatic rings. The Labute approximate surface area is 147 Å². The number of fused-ring (bicyclic) bond motifs is 2. The van der Waals surface area contributed by atoms with Gasteiger partial charge in [-0.15, -0.1) is 0 Å². The molecule has 4 rings (SSSR count). The number of morpholine rings is 1. The molecule has 0 aliphatic carbocycles. The molecule has 6 heteroatoms. The normalized spacial score (nSPS) is 24.4. The number of aromatic nitrogens is 1. The second-order valence-corrected chi connectivity index (χ2v) is 6.96. The zero-order chi connectivity index (χ0) is 17.2. The minimum absolute atomic E-state index is 0.0869. The first-order valence-electron chi connectivity index (χ1n) is 9.20. The summed E-state index contributed by atoms with van der Waals surface area (Å²) < 4.78 is 11.5. The van der Waals surface area contributed by atoms with Crippen molar-refractivity contribution in [1.29, 1.82) is 0 Å². The number of ether oxygens (including phenoxy) is 1. The molecule has 2 fully saturated rings. The van der Waals surface area contributed by atoms with E-state index in [1.807, 2.05) is 29.2 Å². The van der Waals surface area contributed by atoms with Crippen LogP contribution in [0.4, 0.5) is 0 Å². The molecule has 3 heterocycles. The first-order valence-corrected chi connectivity index (χ1v) is 9.20. The van der Waals surface area contributed by atoms with E-state index in [2.05, 4.69) is 16.8 Å². The zero-order valence-electron chi connectivity index (χ0n) is 14.7. The summed E-state index contributed by atoms with van der Waals surface area (Å²) in [6.45, 7) is 6.19. The molecular formula is C19H25N3O3. The summed E-state index contributed by atoms with van der Waals surface area (Å²) in [4.78, 5) is 21.6. The first-order chi connectivity index (χ1) is 12.2. The Kier molecular flexibility index (Phi) is 4.72. The van der Waals surface area contributed by atoms with Crippen LogP contribution in [-0.4, -0.2) is 65.6 Å². The van der Waals surface area contributed by atoms with Crippen LogP contribution in [0.5, 0.6) is 0 Å². The molecule has 0 N–H and O–H groups in total. The van der Waals surface area contributed by atoms with Crippen molar-refractivity contribution in [2.24, 2.45) is 0 Å². The van der Waals surface area contributed by atoms with E-state index in [1.54, 1.807) is 0 Å². The highest BCUT2D eigenvalue weighted by atomic mass is 16.5. The molecule has 0 radical (unpaired) electrons. The number of piperazine rings is 1. The maximum absolute atomic E-state index is 12.7. The van der Waals surface area contributed by atoms with E-state index in [-0.39, 0.29) is 12.3 Å². The van der Waals surface area contributed by atoms with Gasteiger partial charge in [-0.1, -0.05) is 25.5 Å². The van der Waals surface area contributed by atoms with Crippen molar-refractivity contribution < 1.29 is 13.9 Å². The number of rotatable bonds is 4. The lowest BCUT2D eigenvalue weighted by Crippen LogP contribution is -2.62. The van der Waals surface area contributed by atoms with Gasteiger partial charge in [0.2, 0.25) is 11.8 Å². The lowest BCUT2D eigenvalue weighted by molar-refractivity contribution is -0.139. The Balaban J connectivity index is 1.40. The van der Waals surface area contributed by atoms with E-state index in [0.29, 0.717) is 24.6 Å². The van der Waals surface area contributed by atoms with Crippen LogP contribution < -0.4 is 0 Å². The van der Waals surface area contributed by atoms with Crippen molar-refractivity contribution in [2.75, 3.05) is 32.8 Å². The summed E-state index contributed by atoms with van der Waals surface area (Å²) in [6, 6.07) is 8.42. The minimum atomic E-state index is 0.0869. The molecule has 2 saturated heterocycles. The van der Waals surface area contributed by atoms with Crippen LogP contribution in [0.3, 0.4) is 0 Å². The number of carbonyl (C=O) groups is 1. The molecule has 0 unspecified atom stereocenters. The molecule has 1 amide bonds. The van der Waals surface area contributed by atoms with Crippen molar-refractivity contribution in [1.82, 2.24) is 14.8 Å². The van der Waals surface area contributed by atoms with Crippen molar-refractivity contribution >= 4 is 17.0 Å². The number of hydrogen-bond donors (Lipinski definition) is 0. The molecular weight excluding hydrogens is 318 g/mol. The average Bonchev–Trinajstić information content (AvgIpc) is 3.04. The largest absolute Gasteiger partial charge is 0.440 e. The summed E-state index contributed by atoms with van der Waals surface area (Å²) in [7, 11) is 0. The van der Waals surface area contributed by atoms with Crippen molar-refractivity contribution in [3.05, 3.63) is 30.2 Å². The lowest BCUT2D eigenvalue weighted by atomic mass is 10.0. The summed E-state index contributed by atoms with van der Waals surface area (Å²) in [5.41, 5.74) is 1.54. The quantitative estimate of drug-likeness (QED) is 0.851. The number of nitrogens with zero attached hydrogens (tertiary/aromatic N) is 3. The summed E-state index contributed by atoms with van der Waals surface area (Å²) in [6.07, 6.45) is 2.55. The second-order valence-electron chi connectivity index (χ2n) is 6.96. The molecule has 2 aliphatic heterocycles. The van der Waals surface area contributed by atoms with Crippen LogP contribution >= 0.6 is 0 Å². The molecule has 2 aliphatic rings. The molecule has 25 heavy (non-hydrogen) atoms. The minimum Gasteiger partial charge on any atom is -0.440 e. The zero-order valence-corrected chi connectivity index (χ0v) is 14.7. The summed E-state index contributed by atoms with van der Waals surface area (Å²) in [5, 5.41) is 0. The lowest BCUT2D eigenvalue weighted by Gasteiger charge is -2.48. The molecule has 134 valence electrons. The third kappa shape index (κ3) is 3.41. The Morgan fingerprint density at radius 1 is 1.28 bits per heavy atom. The first kappa shape index (κ1) is 16.5. The number of para-hydroxylation sites is 2. The van der Waals surface area contributed by atoms with Crippen molar-refractivity contribution in [3.8, 4) is 0 Å². The number of benzene rings is 1. The van der Waals surface area contributed by atoms with E-state index in [9.17, 15) is 4.79 Å². The summed E-state index contributed by atoms with van der Waals surface area (Å²) >= 11 is 0. The maximum atomic E-state index is 12.7. The Bertz CT molecular complexity index is 709. The third-order valence-electron chi connectivity index (χ3n) is 5.23. The van der Waals surface area contributed by atoms with Gasteiger partial charge >= 0.3 is 0 Å². The molecule has 0 spiro atoms. The van der Waals surface area contributed by atoms with Crippen LogP contribution in [-0.2, 0) is 16.0 Å². The van der Waals surface area contributed by atoms with Crippen LogP contribution in [0, 0.1) is 0 Å². The molecule has 2 atom stereocenters. The number of carbonyl (C=O) groups excluding carboxylic acids is 1. The predicted molar refractivity (Wildman–Crippen MR) is 94.3 cm³/mol. The number of oxazole rings is 1. The van der Waals surface area contributed by atoms with Gasteiger partial charge in [0.1, 0.15) is 11.9 Å². The second kappa shape index (κ2) is 7.14. The van der Waals surface area contributed by atoms with Gasteiger partial charge in [-0.3, -0.25) is 9.69 Å². The summed E-state index contributed by atoms with van der Waals surface area (Å²) in [5.74, 6) is 0.584. The average molecular weight is 343 g/mol. The Morgan fingerprint density at radius 2 is 2.16 bits per heavy atom. The number of amides is 1. The smallest absolute Gasteiger partial charge is 0.232 e. The molecule has 1 aromatic heterocycles. The molecule has 0 bridgehead atoms. The van der Waals surface area contributed by atoms with Gasteiger partial charge in [0.25, 0.3) is 0 Å². The highest BCUT2D eigenvalue weighted by Gasteiger charge is 2.36. The van der Waals surface area contributed by atoms with Gasteiger partial charge in [-0.2, -0.15) is 0 Å². The molecule has 6 nitrogen and oxygen atoms in total. The van der Waals surface area contributed by atoms with Crippen molar-refractivity contribution in [3.63, 3.8) is 0 Å². The Hall–Kier alpha value is -1.92. The van der Waals surface area contributed by atoms with Gasteiger partial charge < -0.3 is 14.1 Å². The fraction of sp³-hybridized carbons (Fsp3) is 0.579. The predicted octanol–water partition coefficient (Wildman–Crippen LogP) is 2.08. The topological polar surface area (TPSA) is 58.8 Å². The van der Waals surface area contributed by atoms with Gasteiger partial charge in [-0.05, 0) is 18.6 Å². The highest BCUT2D eigenvalue weighted by molar-refractivity contribution is 5.79. The fourth-order valence-corrected chi connectivity index (χ4v) is 3.98. The highest BCUT2D eigenvalue weighted by Crippen LogP contribution is 2.22. The van der Waals surface area contributed by atoms with E-state index in [1.165, 1.54) is 0 Å². The van der Waals surface area contributed by atoms with E-state index in [0.717, 1.165) is 50.2 Å². The van der Waals surface area contributed by atoms with Crippen LogP contribution in [0.2, 0.25) is 0 Å². The molecule has 1 aromatic carbocycles. The van der Waals surface area contributed by atoms with E-state index >= 15 is 0 Å². The SMILES string of the molecule is CCC[C@H]1COC[C@H]2CN(C(=O)Cc3nc4ccccc4o3)CCN12. The third-order valence-corrected chi connectivity index (χ3v) is 5.23. The van der Waals surface area contributed by atoms with Gasteiger partial charge in [0.15, 0.2) is 5.58 Å². The van der Waals surface area contributed by atoms with Gasteiger partial charge in [-0.25, -0.2) is 4.98 Å². The van der Waals surface area contributed by atoms with E-state index in [4.69, 9.17) is 9.15 Å². The maximum Gasteiger partial charge on any atom is 0.232 e. The monoisotopic (exact) mass is 343 g/mol. The Morgan fingerprint density at radius 3 is 3.00 bits per heavy atom. The van der Waals surface area contributed by atoms with Gasteiger partial charge in [0.05, 0.1) is 19.3 Å². The van der Waals surface area contributed by atoms with Crippen LogP contribution in [0.15, 0.2) is 28.7 Å². The van der Waals surface area contributed by atoms with Crippen LogP contribution in [0.1, 0.15) is 25.7 Å². The van der Waals surface area contributed by atoms with E-state index < -0.39 is 0 Å².